The second-order valence-electron chi connectivity index (χ2n) is 4.17. The number of benzene rings is 1. The van der Waals surface area contributed by atoms with Crippen molar-refractivity contribution in [2.24, 2.45) is 0 Å². The first kappa shape index (κ1) is 20.6. The number of anilines is 1. The average Bonchev–Trinajstić information content (AvgIpc) is 2.50. The van der Waals surface area contributed by atoms with E-state index in [0.717, 1.165) is 12.1 Å². The highest BCUT2D eigenvalue weighted by Crippen LogP contribution is 2.40. The Balaban J connectivity index is 0.00000102. The van der Waals surface area contributed by atoms with Crippen LogP contribution in [-0.4, -0.2) is 18.1 Å². The SMILES string of the molecule is CC.CF.Nc1cc(F)c(F)c(C2NC(=S)CCC2(F)F)c1. The lowest BCUT2D eigenvalue weighted by Gasteiger charge is -2.33. The minimum Gasteiger partial charge on any atom is -0.399 e. The molecule has 8 heteroatoms. The van der Waals surface area contributed by atoms with Crippen molar-refractivity contribution in [1.82, 2.24) is 5.32 Å². The highest BCUT2D eigenvalue weighted by molar-refractivity contribution is 7.80. The van der Waals surface area contributed by atoms with Crippen LogP contribution in [0.5, 0.6) is 0 Å². The van der Waals surface area contributed by atoms with E-state index in [1.807, 2.05) is 13.8 Å². The molecule has 1 unspecified atom stereocenters. The lowest BCUT2D eigenvalue weighted by Crippen LogP contribution is -2.45. The van der Waals surface area contributed by atoms with E-state index in [0.29, 0.717) is 7.18 Å². The first-order valence-corrected chi connectivity index (χ1v) is 7.01. The van der Waals surface area contributed by atoms with E-state index in [1.54, 1.807) is 0 Å². The summed E-state index contributed by atoms with van der Waals surface area (Å²) in [5.74, 6) is -5.78. The fraction of sp³-hybridized carbons (Fsp3) is 0.500. The van der Waals surface area contributed by atoms with Crippen molar-refractivity contribution >= 4 is 22.9 Å². The second-order valence-corrected chi connectivity index (χ2v) is 4.66. The third-order valence-electron chi connectivity index (χ3n) is 2.80. The number of piperidine rings is 1. The molecule has 0 spiro atoms. The van der Waals surface area contributed by atoms with Crippen LogP contribution in [-0.2, 0) is 0 Å². The molecule has 0 aliphatic carbocycles. The zero-order valence-corrected chi connectivity index (χ0v) is 13.3. The molecule has 1 saturated heterocycles. The fourth-order valence-corrected chi connectivity index (χ4v) is 2.13. The summed E-state index contributed by atoms with van der Waals surface area (Å²) in [5.41, 5.74) is 4.73. The molecule has 0 bridgehead atoms. The maximum atomic E-state index is 13.7. The topological polar surface area (TPSA) is 38.0 Å². The average molecular weight is 342 g/mol. The van der Waals surface area contributed by atoms with E-state index >= 15 is 0 Å². The molecule has 3 N–H and O–H groups in total. The Kier molecular flexibility index (Phi) is 8.29. The molecule has 2 rings (SSSR count). The Morgan fingerprint density at radius 1 is 1.23 bits per heavy atom. The maximum Gasteiger partial charge on any atom is 0.272 e. The van der Waals surface area contributed by atoms with Gasteiger partial charge in [-0.1, -0.05) is 26.1 Å². The number of hydrogen-bond donors (Lipinski definition) is 2. The molecule has 126 valence electrons. The monoisotopic (exact) mass is 342 g/mol. The lowest BCUT2D eigenvalue weighted by atomic mass is 9.92. The van der Waals surface area contributed by atoms with Gasteiger partial charge >= 0.3 is 0 Å². The van der Waals surface area contributed by atoms with Crippen LogP contribution >= 0.6 is 12.2 Å². The van der Waals surface area contributed by atoms with Gasteiger partial charge in [0.25, 0.3) is 5.92 Å². The van der Waals surface area contributed by atoms with E-state index in [2.05, 4.69) is 5.32 Å². The maximum absolute atomic E-state index is 13.7. The van der Waals surface area contributed by atoms with Crippen LogP contribution in [0.25, 0.3) is 0 Å². The zero-order valence-electron chi connectivity index (χ0n) is 12.5. The van der Waals surface area contributed by atoms with Gasteiger partial charge in [-0.05, 0) is 12.1 Å². The van der Waals surface area contributed by atoms with E-state index in [9.17, 15) is 22.0 Å². The number of nitrogen functional groups attached to an aromatic ring is 1. The Morgan fingerprint density at radius 3 is 2.32 bits per heavy atom. The Labute approximate surface area is 131 Å². The molecule has 0 saturated carbocycles. The molecule has 0 amide bonds. The third kappa shape index (κ3) is 4.79. The predicted octanol–water partition coefficient (Wildman–Crippen LogP) is 4.55. The van der Waals surface area contributed by atoms with Gasteiger partial charge in [-0.3, -0.25) is 4.39 Å². The Hall–Kier alpha value is -1.44. The van der Waals surface area contributed by atoms with Gasteiger partial charge in [-0.25, -0.2) is 17.6 Å². The fourth-order valence-electron chi connectivity index (χ4n) is 1.91. The standard InChI is InChI=1S/C11H10F4N2S.C2H6.CH3F/c12-7-4-5(16)3-6(9(7)13)10-11(14,15)2-1-8(18)17-10;2*1-2/h3-4,10H,1-2,16H2,(H,17,18);1-2H3;1H3. The summed E-state index contributed by atoms with van der Waals surface area (Å²) in [6, 6.07) is 0.0625. The van der Waals surface area contributed by atoms with Gasteiger partial charge in [0.15, 0.2) is 11.6 Å². The summed E-state index contributed by atoms with van der Waals surface area (Å²) in [6.07, 6.45) is -0.482. The summed E-state index contributed by atoms with van der Waals surface area (Å²) < 4.78 is 63.7. The number of thiocarbonyl (C=S) groups is 1. The minimum absolute atomic E-state index is 0.0191. The molecule has 1 aliphatic heterocycles. The molecule has 22 heavy (non-hydrogen) atoms. The highest BCUT2D eigenvalue weighted by Gasteiger charge is 2.45. The molecule has 2 nitrogen and oxygen atoms in total. The summed E-state index contributed by atoms with van der Waals surface area (Å²) in [4.78, 5) is 0.202. The smallest absolute Gasteiger partial charge is 0.272 e. The van der Waals surface area contributed by atoms with Crippen molar-refractivity contribution in [2.45, 2.75) is 38.7 Å². The number of nitrogens with one attached hydrogen (secondary N) is 1. The molecule has 1 heterocycles. The van der Waals surface area contributed by atoms with Crippen LogP contribution in [0, 0.1) is 11.6 Å². The summed E-state index contributed by atoms with van der Waals surface area (Å²) in [6.45, 7) is 4.00. The van der Waals surface area contributed by atoms with Crippen LogP contribution in [0.15, 0.2) is 12.1 Å². The second kappa shape index (κ2) is 8.87. The third-order valence-corrected chi connectivity index (χ3v) is 3.12. The van der Waals surface area contributed by atoms with E-state index < -0.39 is 35.6 Å². The Bertz CT molecular complexity index is 508. The van der Waals surface area contributed by atoms with Crippen LogP contribution in [0.2, 0.25) is 0 Å². The van der Waals surface area contributed by atoms with Crippen LogP contribution < -0.4 is 11.1 Å². The quantitative estimate of drug-likeness (QED) is 0.447. The number of rotatable bonds is 1. The normalized spacial score (nSPS) is 19.1. The van der Waals surface area contributed by atoms with Crippen molar-refractivity contribution in [1.29, 1.82) is 0 Å². The van der Waals surface area contributed by atoms with Gasteiger partial charge in [-0.15, -0.1) is 0 Å². The first-order chi connectivity index (χ1) is 10.3. The van der Waals surface area contributed by atoms with E-state index in [-0.39, 0.29) is 17.1 Å². The van der Waals surface area contributed by atoms with Crippen molar-refractivity contribution in [3.8, 4) is 0 Å². The number of alkyl halides is 3. The zero-order chi connectivity index (χ0) is 17.5. The van der Waals surface area contributed by atoms with Gasteiger partial charge in [-0.2, -0.15) is 0 Å². The van der Waals surface area contributed by atoms with Gasteiger partial charge in [0.1, 0.15) is 6.04 Å². The van der Waals surface area contributed by atoms with Crippen molar-refractivity contribution in [2.75, 3.05) is 12.9 Å². The van der Waals surface area contributed by atoms with Crippen LogP contribution in [0.3, 0.4) is 0 Å². The van der Waals surface area contributed by atoms with Crippen molar-refractivity contribution < 1.29 is 22.0 Å². The Morgan fingerprint density at radius 2 is 1.77 bits per heavy atom. The van der Waals surface area contributed by atoms with Gasteiger partial charge in [0.2, 0.25) is 0 Å². The number of nitrogens with two attached hydrogens (primary N) is 1. The number of halogens is 5. The van der Waals surface area contributed by atoms with E-state index in [1.165, 1.54) is 0 Å². The molecular formula is C14H19F5N2S. The molecule has 0 radical (unpaired) electrons. The molecular weight excluding hydrogens is 323 g/mol. The van der Waals surface area contributed by atoms with Gasteiger partial charge < -0.3 is 11.1 Å². The van der Waals surface area contributed by atoms with Crippen LogP contribution in [0.4, 0.5) is 27.6 Å². The molecule has 0 aromatic heterocycles. The van der Waals surface area contributed by atoms with Gasteiger partial charge in [0.05, 0.1) is 12.2 Å². The summed E-state index contributed by atoms with van der Waals surface area (Å²) in [5, 5.41) is 2.34. The van der Waals surface area contributed by atoms with Crippen molar-refractivity contribution in [3.63, 3.8) is 0 Å². The molecule has 1 aliphatic rings. The van der Waals surface area contributed by atoms with Crippen LogP contribution in [0.1, 0.15) is 38.3 Å². The largest absolute Gasteiger partial charge is 0.399 e. The number of hydrogen-bond acceptors (Lipinski definition) is 2. The molecule has 1 aromatic rings. The molecule has 1 fully saturated rings. The minimum atomic E-state index is -3.20. The van der Waals surface area contributed by atoms with Crippen molar-refractivity contribution in [3.05, 3.63) is 29.3 Å². The highest BCUT2D eigenvalue weighted by atomic mass is 32.1. The molecule has 1 aromatic carbocycles. The predicted molar refractivity (Wildman–Crippen MR) is 81.8 cm³/mol. The van der Waals surface area contributed by atoms with Gasteiger partial charge in [0, 0.05) is 24.1 Å². The lowest BCUT2D eigenvalue weighted by molar-refractivity contribution is -0.0466. The summed E-state index contributed by atoms with van der Waals surface area (Å²) >= 11 is 4.80. The summed E-state index contributed by atoms with van der Waals surface area (Å²) in [7, 11) is 0.500. The first-order valence-electron chi connectivity index (χ1n) is 6.60. The molecule has 1 atom stereocenters. The van der Waals surface area contributed by atoms with E-state index in [4.69, 9.17) is 18.0 Å².